The molecule has 0 saturated heterocycles. The predicted molar refractivity (Wildman–Crippen MR) is 90.5 cm³/mol. The molecule has 0 aliphatic heterocycles. The van der Waals surface area contributed by atoms with Crippen molar-refractivity contribution in [2.24, 2.45) is 5.73 Å². The SMILES string of the molecule is CC(N)(C(=O)NCCOc1ccc(F)c(F)c1)c1cccc(Br)c1. The molecule has 2 aromatic rings. The van der Waals surface area contributed by atoms with Crippen LogP contribution < -0.4 is 15.8 Å². The van der Waals surface area contributed by atoms with E-state index in [1.165, 1.54) is 6.07 Å². The summed E-state index contributed by atoms with van der Waals surface area (Å²) in [5, 5.41) is 2.67. The largest absolute Gasteiger partial charge is 0.492 e. The van der Waals surface area contributed by atoms with Crippen LogP contribution >= 0.6 is 15.9 Å². The smallest absolute Gasteiger partial charge is 0.244 e. The van der Waals surface area contributed by atoms with E-state index >= 15 is 0 Å². The average Bonchev–Trinajstić information content (AvgIpc) is 2.54. The predicted octanol–water partition coefficient (Wildman–Crippen LogP) is 3.10. The van der Waals surface area contributed by atoms with Gasteiger partial charge in [0.15, 0.2) is 11.6 Å². The number of hydrogen-bond acceptors (Lipinski definition) is 3. The highest BCUT2D eigenvalue weighted by Crippen LogP contribution is 2.21. The lowest BCUT2D eigenvalue weighted by Gasteiger charge is -2.24. The molecular formula is C17H17BrF2N2O2. The van der Waals surface area contributed by atoms with Crippen LogP contribution in [-0.2, 0) is 10.3 Å². The van der Waals surface area contributed by atoms with Crippen LogP contribution in [0.4, 0.5) is 8.78 Å². The van der Waals surface area contributed by atoms with Crippen LogP contribution in [0.2, 0.25) is 0 Å². The second kappa shape index (κ2) is 7.72. The van der Waals surface area contributed by atoms with Crippen LogP contribution in [0.25, 0.3) is 0 Å². The summed E-state index contributed by atoms with van der Waals surface area (Å²) in [6.45, 7) is 1.89. The minimum atomic E-state index is -1.20. The first kappa shape index (κ1) is 18.4. The van der Waals surface area contributed by atoms with E-state index in [-0.39, 0.29) is 24.8 Å². The van der Waals surface area contributed by atoms with E-state index in [9.17, 15) is 13.6 Å². The van der Waals surface area contributed by atoms with Gasteiger partial charge in [-0.2, -0.15) is 0 Å². The highest BCUT2D eigenvalue weighted by atomic mass is 79.9. The fourth-order valence-electron chi connectivity index (χ4n) is 2.03. The third-order valence-electron chi connectivity index (χ3n) is 3.44. The molecule has 0 radical (unpaired) electrons. The number of carbonyl (C=O) groups excluding carboxylic acids is 1. The number of nitrogens with one attached hydrogen (secondary N) is 1. The van der Waals surface area contributed by atoms with Crippen molar-refractivity contribution in [3.8, 4) is 5.75 Å². The molecule has 0 spiro atoms. The Balaban J connectivity index is 1.87. The Morgan fingerprint density at radius 2 is 2.00 bits per heavy atom. The first-order chi connectivity index (χ1) is 11.3. The first-order valence-corrected chi connectivity index (χ1v) is 8.01. The molecule has 1 atom stereocenters. The van der Waals surface area contributed by atoms with Crippen LogP contribution in [0.3, 0.4) is 0 Å². The fourth-order valence-corrected chi connectivity index (χ4v) is 2.43. The average molecular weight is 399 g/mol. The Morgan fingerprint density at radius 1 is 1.25 bits per heavy atom. The van der Waals surface area contributed by atoms with Crippen molar-refractivity contribution in [1.82, 2.24) is 5.32 Å². The molecule has 0 saturated carbocycles. The van der Waals surface area contributed by atoms with Gasteiger partial charge in [0.05, 0.1) is 6.54 Å². The van der Waals surface area contributed by atoms with E-state index in [1.54, 1.807) is 25.1 Å². The molecule has 1 amide bonds. The molecule has 7 heteroatoms. The monoisotopic (exact) mass is 398 g/mol. The van der Waals surface area contributed by atoms with Crippen molar-refractivity contribution in [2.75, 3.05) is 13.2 Å². The molecule has 0 bridgehead atoms. The van der Waals surface area contributed by atoms with Gasteiger partial charge in [-0.25, -0.2) is 8.78 Å². The van der Waals surface area contributed by atoms with Gasteiger partial charge in [-0.05, 0) is 36.8 Å². The van der Waals surface area contributed by atoms with Gasteiger partial charge in [0.25, 0.3) is 0 Å². The maximum atomic E-state index is 13.0. The summed E-state index contributed by atoms with van der Waals surface area (Å²) in [5.41, 5.74) is 5.58. The molecule has 0 heterocycles. The van der Waals surface area contributed by atoms with Crippen molar-refractivity contribution >= 4 is 21.8 Å². The molecule has 0 fully saturated rings. The number of carbonyl (C=O) groups is 1. The lowest BCUT2D eigenvalue weighted by Crippen LogP contribution is -2.49. The number of benzene rings is 2. The van der Waals surface area contributed by atoms with Gasteiger partial charge >= 0.3 is 0 Å². The van der Waals surface area contributed by atoms with Crippen molar-refractivity contribution in [2.45, 2.75) is 12.5 Å². The molecule has 0 aliphatic rings. The summed E-state index contributed by atoms with van der Waals surface area (Å²) in [5.74, 6) is -2.11. The highest BCUT2D eigenvalue weighted by molar-refractivity contribution is 9.10. The summed E-state index contributed by atoms with van der Waals surface area (Å²) in [7, 11) is 0. The normalized spacial score (nSPS) is 13.2. The second-order valence-electron chi connectivity index (χ2n) is 5.39. The van der Waals surface area contributed by atoms with Crippen molar-refractivity contribution in [1.29, 1.82) is 0 Å². The minimum Gasteiger partial charge on any atom is -0.492 e. The van der Waals surface area contributed by atoms with Crippen molar-refractivity contribution < 1.29 is 18.3 Å². The number of hydrogen-bond donors (Lipinski definition) is 2. The summed E-state index contributed by atoms with van der Waals surface area (Å²) in [4.78, 5) is 12.3. The second-order valence-corrected chi connectivity index (χ2v) is 6.31. The Hall–Kier alpha value is -1.99. The zero-order valence-electron chi connectivity index (χ0n) is 13.0. The minimum absolute atomic E-state index is 0.103. The van der Waals surface area contributed by atoms with Gasteiger partial charge in [-0.3, -0.25) is 4.79 Å². The quantitative estimate of drug-likeness (QED) is 0.734. The third-order valence-corrected chi connectivity index (χ3v) is 3.94. The van der Waals surface area contributed by atoms with E-state index in [4.69, 9.17) is 10.5 Å². The number of amides is 1. The van der Waals surface area contributed by atoms with Crippen molar-refractivity contribution in [3.05, 3.63) is 64.1 Å². The summed E-state index contributed by atoms with van der Waals surface area (Å²) >= 11 is 3.34. The Morgan fingerprint density at radius 3 is 2.67 bits per heavy atom. The number of rotatable bonds is 6. The van der Waals surface area contributed by atoms with E-state index < -0.39 is 17.2 Å². The number of halogens is 3. The summed E-state index contributed by atoms with van der Waals surface area (Å²) in [6, 6.07) is 10.4. The molecule has 0 aliphatic carbocycles. The molecule has 24 heavy (non-hydrogen) atoms. The van der Waals surface area contributed by atoms with Crippen LogP contribution in [-0.4, -0.2) is 19.1 Å². The molecule has 0 aromatic heterocycles. The third kappa shape index (κ3) is 4.52. The zero-order valence-corrected chi connectivity index (χ0v) is 14.6. The standard InChI is InChI=1S/C17H17BrF2N2O2/c1-17(21,11-3-2-4-12(18)9-11)16(23)22-7-8-24-13-5-6-14(19)15(20)10-13/h2-6,9-10H,7-8,21H2,1H3,(H,22,23). The van der Waals surface area contributed by atoms with Gasteiger partial charge in [0.2, 0.25) is 5.91 Å². The van der Waals surface area contributed by atoms with Gasteiger partial charge in [0.1, 0.15) is 17.9 Å². The van der Waals surface area contributed by atoms with Crippen LogP contribution in [0.1, 0.15) is 12.5 Å². The van der Waals surface area contributed by atoms with Gasteiger partial charge in [-0.1, -0.05) is 28.1 Å². The highest BCUT2D eigenvalue weighted by Gasteiger charge is 2.30. The molecule has 128 valence electrons. The van der Waals surface area contributed by atoms with Gasteiger partial charge in [0, 0.05) is 10.5 Å². The van der Waals surface area contributed by atoms with Crippen LogP contribution in [0, 0.1) is 11.6 Å². The Bertz CT molecular complexity index is 738. The fraction of sp³-hybridized carbons (Fsp3) is 0.235. The Labute approximate surface area is 147 Å². The molecule has 2 rings (SSSR count). The van der Waals surface area contributed by atoms with E-state index in [0.29, 0.717) is 5.56 Å². The molecule has 1 unspecified atom stereocenters. The molecule has 3 N–H and O–H groups in total. The molecular weight excluding hydrogens is 382 g/mol. The topological polar surface area (TPSA) is 64.4 Å². The van der Waals surface area contributed by atoms with E-state index in [1.807, 2.05) is 6.07 Å². The Kier molecular flexibility index (Phi) is 5.90. The molecule has 2 aromatic carbocycles. The maximum Gasteiger partial charge on any atom is 0.244 e. The summed E-state index contributed by atoms with van der Waals surface area (Å²) < 4.78 is 31.9. The van der Waals surface area contributed by atoms with Gasteiger partial charge in [-0.15, -0.1) is 0 Å². The van der Waals surface area contributed by atoms with Crippen LogP contribution in [0.15, 0.2) is 46.9 Å². The summed E-state index contributed by atoms with van der Waals surface area (Å²) in [6.07, 6.45) is 0. The number of ether oxygens (including phenoxy) is 1. The van der Waals surface area contributed by atoms with E-state index in [0.717, 1.165) is 16.6 Å². The van der Waals surface area contributed by atoms with Crippen LogP contribution in [0.5, 0.6) is 5.75 Å². The van der Waals surface area contributed by atoms with E-state index in [2.05, 4.69) is 21.2 Å². The lowest BCUT2D eigenvalue weighted by atomic mass is 9.92. The van der Waals surface area contributed by atoms with Crippen molar-refractivity contribution in [3.63, 3.8) is 0 Å². The zero-order chi connectivity index (χ0) is 17.7. The van der Waals surface area contributed by atoms with Gasteiger partial charge < -0.3 is 15.8 Å². The molecule has 4 nitrogen and oxygen atoms in total. The first-order valence-electron chi connectivity index (χ1n) is 7.22. The lowest BCUT2D eigenvalue weighted by molar-refractivity contribution is -0.126. The maximum absolute atomic E-state index is 13.0. The number of nitrogens with two attached hydrogens (primary N) is 1.